The summed E-state index contributed by atoms with van der Waals surface area (Å²) in [4.78, 5) is 0. The maximum Gasteiger partial charge on any atom is 0.0610 e. The second-order valence-electron chi connectivity index (χ2n) is 3.74. The fourth-order valence-corrected chi connectivity index (χ4v) is 1.68. The van der Waals surface area contributed by atoms with Crippen molar-refractivity contribution in [3.05, 3.63) is 0 Å². The summed E-state index contributed by atoms with van der Waals surface area (Å²) in [6.45, 7) is 5.65. The number of aliphatic hydroxyl groups excluding tert-OH is 1. The van der Waals surface area contributed by atoms with Crippen LogP contribution in [-0.2, 0) is 0 Å². The Balaban J connectivity index is 2.45. The van der Waals surface area contributed by atoms with Gasteiger partial charge in [-0.15, -0.1) is 0 Å². The standard InChI is InChI=1S/C8H17NO/c1-7-3-4-9-8(2,5-7)6-10/h7,9-10H,3-6H2,1-2H3. The minimum Gasteiger partial charge on any atom is -0.394 e. The van der Waals surface area contributed by atoms with Crippen LogP contribution in [0.3, 0.4) is 0 Å². The number of hydrogen-bond donors (Lipinski definition) is 2. The lowest BCUT2D eigenvalue weighted by molar-refractivity contribution is 0.125. The van der Waals surface area contributed by atoms with Crippen LogP contribution in [-0.4, -0.2) is 23.8 Å². The Bertz CT molecular complexity index is 116. The van der Waals surface area contributed by atoms with Gasteiger partial charge in [0.2, 0.25) is 0 Å². The average Bonchev–Trinajstić information content (AvgIpc) is 1.88. The van der Waals surface area contributed by atoms with E-state index in [4.69, 9.17) is 5.11 Å². The van der Waals surface area contributed by atoms with Crippen LogP contribution in [0.5, 0.6) is 0 Å². The summed E-state index contributed by atoms with van der Waals surface area (Å²) in [5.74, 6) is 0.762. The maximum atomic E-state index is 9.01. The molecule has 0 aromatic heterocycles. The lowest BCUT2D eigenvalue weighted by atomic mass is 9.85. The number of piperidine rings is 1. The van der Waals surface area contributed by atoms with Crippen molar-refractivity contribution < 1.29 is 5.11 Å². The van der Waals surface area contributed by atoms with E-state index in [0.717, 1.165) is 18.9 Å². The third kappa shape index (κ3) is 1.70. The molecule has 0 aromatic carbocycles. The molecule has 1 heterocycles. The normalized spacial score (nSPS) is 41.7. The zero-order valence-electron chi connectivity index (χ0n) is 6.85. The molecule has 1 saturated heterocycles. The van der Waals surface area contributed by atoms with Crippen molar-refractivity contribution >= 4 is 0 Å². The molecule has 10 heavy (non-hydrogen) atoms. The first kappa shape index (κ1) is 8.02. The summed E-state index contributed by atoms with van der Waals surface area (Å²) in [7, 11) is 0. The predicted octanol–water partition coefficient (Wildman–Crippen LogP) is 0.757. The Kier molecular flexibility index (Phi) is 2.32. The second kappa shape index (κ2) is 2.89. The van der Waals surface area contributed by atoms with E-state index in [0.29, 0.717) is 0 Å². The fraction of sp³-hybridized carbons (Fsp3) is 1.00. The SMILES string of the molecule is CC1CCNC(C)(CO)C1. The van der Waals surface area contributed by atoms with Gasteiger partial charge in [0.15, 0.2) is 0 Å². The summed E-state index contributed by atoms with van der Waals surface area (Å²) < 4.78 is 0. The minimum absolute atomic E-state index is 0.00231. The van der Waals surface area contributed by atoms with Gasteiger partial charge in [-0.2, -0.15) is 0 Å². The average molecular weight is 143 g/mol. The van der Waals surface area contributed by atoms with E-state index < -0.39 is 0 Å². The molecule has 0 aliphatic carbocycles. The van der Waals surface area contributed by atoms with Gasteiger partial charge in [0.25, 0.3) is 0 Å². The number of hydrogen-bond acceptors (Lipinski definition) is 2. The monoisotopic (exact) mass is 143 g/mol. The molecule has 0 radical (unpaired) electrons. The molecule has 1 aliphatic rings. The Hall–Kier alpha value is -0.0800. The van der Waals surface area contributed by atoms with Gasteiger partial charge in [0.05, 0.1) is 6.61 Å². The Morgan fingerprint density at radius 2 is 2.40 bits per heavy atom. The van der Waals surface area contributed by atoms with E-state index >= 15 is 0 Å². The van der Waals surface area contributed by atoms with Crippen molar-refractivity contribution in [1.29, 1.82) is 0 Å². The lowest BCUT2D eigenvalue weighted by Gasteiger charge is -2.36. The molecule has 0 bridgehead atoms. The summed E-state index contributed by atoms with van der Waals surface area (Å²) >= 11 is 0. The van der Waals surface area contributed by atoms with Crippen LogP contribution in [0, 0.1) is 5.92 Å². The van der Waals surface area contributed by atoms with E-state index in [1.165, 1.54) is 6.42 Å². The van der Waals surface area contributed by atoms with E-state index in [2.05, 4.69) is 19.2 Å². The highest BCUT2D eigenvalue weighted by molar-refractivity contribution is 4.87. The van der Waals surface area contributed by atoms with Crippen molar-refractivity contribution in [3.8, 4) is 0 Å². The molecule has 0 saturated carbocycles. The van der Waals surface area contributed by atoms with E-state index in [-0.39, 0.29) is 12.1 Å². The number of rotatable bonds is 1. The molecule has 2 heteroatoms. The maximum absolute atomic E-state index is 9.01. The second-order valence-corrected chi connectivity index (χ2v) is 3.74. The largest absolute Gasteiger partial charge is 0.394 e. The molecule has 1 aliphatic heterocycles. The summed E-state index contributed by atoms with van der Waals surface area (Å²) in [6.07, 6.45) is 2.35. The quantitative estimate of drug-likeness (QED) is 0.568. The molecule has 1 rings (SSSR count). The number of nitrogens with one attached hydrogen (secondary N) is 1. The third-order valence-electron chi connectivity index (χ3n) is 2.34. The molecular formula is C8H17NO. The highest BCUT2D eigenvalue weighted by Gasteiger charge is 2.28. The van der Waals surface area contributed by atoms with Gasteiger partial charge in [-0.05, 0) is 32.2 Å². The molecule has 2 unspecified atom stereocenters. The van der Waals surface area contributed by atoms with E-state index in [1.807, 2.05) is 0 Å². The summed E-state index contributed by atoms with van der Waals surface area (Å²) in [5.41, 5.74) is -0.00231. The molecule has 0 amide bonds. The third-order valence-corrected chi connectivity index (χ3v) is 2.34. The van der Waals surface area contributed by atoms with Crippen molar-refractivity contribution in [1.82, 2.24) is 5.32 Å². The smallest absolute Gasteiger partial charge is 0.0610 e. The van der Waals surface area contributed by atoms with Crippen LogP contribution >= 0.6 is 0 Å². The molecule has 60 valence electrons. The molecule has 1 fully saturated rings. The van der Waals surface area contributed by atoms with Gasteiger partial charge in [0, 0.05) is 5.54 Å². The van der Waals surface area contributed by atoms with Crippen molar-refractivity contribution in [3.63, 3.8) is 0 Å². The highest BCUT2D eigenvalue weighted by Crippen LogP contribution is 2.22. The molecular weight excluding hydrogens is 126 g/mol. The highest BCUT2D eigenvalue weighted by atomic mass is 16.3. The first-order chi connectivity index (χ1) is 4.66. The van der Waals surface area contributed by atoms with Gasteiger partial charge in [-0.3, -0.25) is 0 Å². The van der Waals surface area contributed by atoms with Crippen molar-refractivity contribution in [2.75, 3.05) is 13.2 Å². The predicted molar refractivity (Wildman–Crippen MR) is 41.9 cm³/mol. The number of aliphatic hydroxyl groups is 1. The van der Waals surface area contributed by atoms with Crippen LogP contribution in [0.2, 0.25) is 0 Å². The van der Waals surface area contributed by atoms with E-state index in [1.54, 1.807) is 0 Å². The van der Waals surface area contributed by atoms with Crippen LogP contribution in [0.4, 0.5) is 0 Å². The zero-order valence-corrected chi connectivity index (χ0v) is 6.85. The first-order valence-corrected chi connectivity index (χ1v) is 4.02. The van der Waals surface area contributed by atoms with Crippen LogP contribution in [0.25, 0.3) is 0 Å². The molecule has 2 nitrogen and oxygen atoms in total. The van der Waals surface area contributed by atoms with Gasteiger partial charge in [-0.25, -0.2) is 0 Å². The first-order valence-electron chi connectivity index (χ1n) is 4.02. The Labute approximate surface area is 62.6 Å². The molecule has 0 aromatic rings. The van der Waals surface area contributed by atoms with Crippen LogP contribution in [0.1, 0.15) is 26.7 Å². The van der Waals surface area contributed by atoms with Crippen LogP contribution in [0.15, 0.2) is 0 Å². The van der Waals surface area contributed by atoms with Gasteiger partial charge in [-0.1, -0.05) is 6.92 Å². The summed E-state index contributed by atoms with van der Waals surface area (Å²) in [5, 5.41) is 12.3. The van der Waals surface area contributed by atoms with Gasteiger partial charge >= 0.3 is 0 Å². The van der Waals surface area contributed by atoms with Crippen LogP contribution < -0.4 is 5.32 Å². The molecule has 2 N–H and O–H groups in total. The molecule has 2 atom stereocenters. The van der Waals surface area contributed by atoms with E-state index in [9.17, 15) is 0 Å². The van der Waals surface area contributed by atoms with Crippen molar-refractivity contribution in [2.24, 2.45) is 5.92 Å². The van der Waals surface area contributed by atoms with Crippen molar-refractivity contribution in [2.45, 2.75) is 32.2 Å². The lowest BCUT2D eigenvalue weighted by Crippen LogP contribution is -2.50. The fourth-order valence-electron chi connectivity index (χ4n) is 1.68. The Morgan fingerprint density at radius 3 is 2.80 bits per heavy atom. The van der Waals surface area contributed by atoms with Gasteiger partial charge in [0.1, 0.15) is 0 Å². The Morgan fingerprint density at radius 1 is 1.70 bits per heavy atom. The zero-order chi connectivity index (χ0) is 7.61. The summed E-state index contributed by atoms with van der Waals surface area (Å²) in [6, 6.07) is 0. The minimum atomic E-state index is -0.00231. The topological polar surface area (TPSA) is 32.3 Å². The van der Waals surface area contributed by atoms with Gasteiger partial charge < -0.3 is 10.4 Å². The molecule has 0 spiro atoms.